The van der Waals surface area contributed by atoms with Gasteiger partial charge in [0.05, 0.1) is 11.2 Å². The number of aromatic nitrogens is 1. The molecule has 1 atom stereocenters. The molecular formula is C16H21N3O. The average Bonchev–Trinajstić information content (AvgIpc) is 2.38. The second kappa shape index (κ2) is 6.48. The SMILES string of the molecule is Cc1cc(NC(=O)CCCC(C)N)c2ccccc2n1. The first-order valence-electron chi connectivity index (χ1n) is 6.98. The number of fused-ring (bicyclic) bond motifs is 1. The number of hydrogen-bond acceptors (Lipinski definition) is 3. The Labute approximate surface area is 119 Å². The molecule has 1 aromatic heterocycles. The second-order valence-corrected chi connectivity index (χ2v) is 5.25. The first-order valence-corrected chi connectivity index (χ1v) is 6.98. The van der Waals surface area contributed by atoms with E-state index in [1.807, 2.05) is 44.2 Å². The lowest BCUT2D eigenvalue weighted by Gasteiger charge is -2.10. The van der Waals surface area contributed by atoms with Gasteiger partial charge in [-0.05, 0) is 38.8 Å². The molecule has 0 fully saturated rings. The van der Waals surface area contributed by atoms with Gasteiger partial charge in [-0.15, -0.1) is 0 Å². The van der Waals surface area contributed by atoms with Crippen LogP contribution in [0.5, 0.6) is 0 Å². The summed E-state index contributed by atoms with van der Waals surface area (Å²) in [6.07, 6.45) is 2.17. The van der Waals surface area contributed by atoms with Crippen molar-refractivity contribution in [2.75, 3.05) is 5.32 Å². The Bertz CT molecular complexity index is 608. The lowest BCUT2D eigenvalue weighted by molar-refractivity contribution is -0.116. The fourth-order valence-corrected chi connectivity index (χ4v) is 2.21. The predicted molar refractivity (Wildman–Crippen MR) is 82.6 cm³/mol. The molecule has 1 amide bonds. The van der Waals surface area contributed by atoms with Crippen LogP contribution in [-0.2, 0) is 4.79 Å². The molecule has 106 valence electrons. The van der Waals surface area contributed by atoms with Crippen molar-refractivity contribution in [3.05, 3.63) is 36.0 Å². The van der Waals surface area contributed by atoms with Gasteiger partial charge < -0.3 is 11.1 Å². The number of nitrogens with zero attached hydrogens (tertiary/aromatic N) is 1. The Balaban J connectivity index is 2.11. The fraction of sp³-hybridized carbons (Fsp3) is 0.375. The lowest BCUT2D eigenvalue weighted by atomic mass is 10.1. The Morgan fingerprint density at radius 3 is 2.90 bits per heavy atom. The summed E-state index contributed by atoms with van der Waals surface area (Å²) in [7, 11) is 0. The van der Waals surface area contributed by atoms with Gasteiger partial charge in [-0.2, -0.15) is 0 Å². The van der Waals surface area contributed by atoms with Gasteiger partial charge in [-0.3, -0.25) is 9.78 Å². The maximum atomic E-state index is 12.0. The number of para-hydroxylation sites is 1. The highest BCUT2D eigenvalue weighted by atomic mass is 16.1. The number of nitrogens with two attached hydrogens (primary N) is 1. The normalized spacial score (nSPS) is 12.3. The van der Waals surface area contributed by atoms with Crippen molar-refractivity contribution in [1.82, 2.24) is 4.98 Å². The molecule has 0 saturated carbocycles. The van der Waals surface area contributed by atoms with Crippen molar-refractivity contribution in [3.8, 4) is 0 Å². The number of hydrogen-bond donors (Lipinski definition) is 2. The standard InChI is InChI=1S/C16H21N3O/c1-11(17)6-5-9-16(20)19-15-10-12(2)18-14-8-4-3-7-13(14)15/h3-4,7-8,10-11H,5-6,9,17H2,1-2H3,(H,18,19,20). The number of anilines is 1. The second-order valence-electron chi connectivity index (χ2n) is 5.25. The first kappa shape index (κ1) is 14.5. The van der Waals surface area contributed by atoms with E-state index in [2.05, 4.69) is 10.3 Å². The van der Waals surface area contributed by atoms with Gasteiger partial charge in [-0.25, -0.2) is 0 Å². The third-order valence-electron chi connectivity index (χ3n) is 3.18. The molecule has 1 unspecified atom stereocenters. The van der Waals surface area contributed by atoms with E-state index in [9.17, 15) is 4.79 Å². The highest BCUT2D eigenvalue weighted by Gasteiger charge is 2.08. The third-order valence-corrected chi connectivity index (χ3v) is 3.18. The van der Waals surface area contributed by atoms with Crippen molar-refractivity contribution >= 4 is 22.5 Å². The molecule has 3 N–H and O–H groups in total. The van der Waals surface area contributed by atoms with E-state index in [0.717, 1.165) is 35.1 Å². The minimum Gasteiger partial charge on any atom is -0.328 e. The number of pyridine rings is 1. The molecule has 1 aromatic carbocycles. The monoisotopic (exact) mass is 271 g/mol. The molecule has 0 spiro atoms. The van der Waals surface area contributed by atoms with E-state index in [0.29, 0.717) is 6.42 Å². The molecule has 0 bridgehead atoms. The highest BCUT2D eigenvalue weighted by molar-refractivity contribution is 6.00. The van der Waals surface area contributed by atoms with Crippen LogP contribution in [0.1, 0.15) is 31.9 Å². The van der Waals surface area contributed by atoms with Gasteiger partial charge in [0.1, 0.15) is 0 Å². The minimum atomic E-state index is 0.0291. The van der Waals surface area contributed by atoms with Crippen molar-refractivity contribution in [2.45, 2.75) is 39.2 Å². The third kappa shape index (κ3) is 3.78. The van der Waals surface area contributed by atoms with Crippen LogP contribution in [0, 0.1) is 6.92 Å². The van der Waals surface area contributed by atoms with Crippen LogP contribution in [-0.4, -0.2) is 16.9 Å². The minimum absolute atomic E-state index is 0.0291. The Morgan fingerprint density at radius 2 is 2.15 bits per heavy atom. The average molecular weight is 271 g/mol. The Hall–Kier alpha value is -1.94. The lowest BCUT2D eigenvalue weighted by Crippen LogP contribution is -2.17. The van der Waals surface area contributed by atoms with Crippen LogP contribution in [0.15, 0.2) is 30.3 Å². The first-order chi connectivity index (χ1) is 9.56. The summed E-state index contributed by atoms with van der Waals surface area (Å²) in [5, 5.41) is 3.95. The summed E-state index contributed by atoms with van der Waals surface area (Å²) >= 11 is 0. The maximum Gasteiger partial charge on any atom is 0.224 e. The molecular weight excluding hydrogens is 250 g/mol. The number of benzene rings is 1. The van der Waals surface area contributed by atoms with Crippen LogP contribution in [0.4, 0.5) is 5.69 Å². The van der Waals surface area contributed by atoms with E-state index in [4.69, 9.17) is 5.73 Å². The van der Waals surface area contributed by atoms with Crippen molar-refractivity contribution in [2.24, 2.45) is 5.73 Å². The van der Waals surface area contributed by atoms with Gasteiger partial charge in [0, 0.05) is 23.5 Å². The number of rotatable bonds is 5. The molecule has 0 saturated heterocycles. The predicted octanol–water partition coefficient (Wildman–Crippen LogP) is 3.00. The van der Waals surface area contributed by atoms with Crippen LogP contribution in [0.25, 0.3) is 10.9 Å². The van der Waals surface area contributed by atoms with Gasteiger partial charge in [0.25, 0.3) is 0 Å². The van der Waals surface area contributed by atoms with Crippen molar-refractivity contribution < 1.29 is 4.79 Å². The van der Waals surface area contributed by atoms with Crippen molar-refractivity contribution in [1.29, 1.82) is 0 Å². The van der Waals surface area contributed by atoms with Gasteiger partial charge >= 0.3 is 0 Å². The molecule has 2 aromatic rings. The van der Waals surface area contributed by atoms with Gasteiger partial charge in [0.2, 0.25) is 5.91 Å². The number of amides is 1. The fourth-order valence-electron chi connectivity index (χ4n) is 2.21. The molecule has 2 rings (SSSR count). The van der Waals surface area contributed by atoms with Crippen LogP contribution in [0.3, 0.4) is 0 Å². The zero-order valence-corrected chi connectivity index (χ0v) is 12.0. The van der Waals surface area contributed by atoms with Crippen molar-refractivity contribution in [3.63, 3.8) is 0 Å². The van der Waals surface area contributed by atoms with E-state index in [-0.39, 0.29) is 11.9 Å². The van der Waals surface area contributed by atoms with E-state index in [1.54, 1.807) is 0 Å². The Kier molecular flexibility index (Phi) is 4.69. The summed E-state index contributed by atoms with van der Waals surface area (Å²) in [4.78, 5) is 16.4. The van der Waals surface area contributed by atoms with Crippen LogP contribution >= 0.6 is 0 Å². The summed E-state index contributed by atoms with van der Waals surface area (Å²) < 4.78 is 0. The zero-order valence-electron chi connectivity index (χ0n) is 12.0. The summed E-state index contributed by atoms with van der Waals surface area (Å²) in [5.41, 5.74) is 8.32. The smallest absolute Gasteiger partial charge is 0.224 e. The van der Waals surface area contributed by atoms with E-state index >= 15 is 0 Å². The molecule has 4 nitrogen and oxygen atoms in total. The largest absolute Gasteiger partial charge is 0.328 e. The maximum absolute atomic E-state index is 12.0. The number of nitrogens with one attached hydrogen (secondary N) is 1. The topological polar surface area (TPSA) is 68.0 Å². The molecule has 0 aliphatic carbocycles. The number of carbonyl (C=O) groups is 1. The zero-order chi connectivity index (χ0) is 14.5. The molecule has 1 heterocycles. The molecule has 0 aliphatic rings. The van der Waals surface area contributed by atoms with Gasteiger partial charge in [-0.1, -0.05) is 18.2 Å². The highest BCUT2D eigenvalue weighted by Crippen LogP contribution is 2.23. The van der Waals surface area contributed by atoms with E-state index < -0.39 is 0 Å². The summed E-state index contributed by atoms with van der Waals surface area (Å²) in [6, 6.07) is 9.87. The molecule has 4 heteroatoms. The Morgan fingerprint density at radius 1 is 1.40 bits per heavy atom. The quantitative estimate of drug-likeness (QED) is 0.878. The summed E-state index contributed by atoms with van der Waals surface area (Å²) in [5.74, 6) is 0.0291. The summed E-state index contributed by atoms with van der Waals surface area (Å²) in [6.45, 7) is 3.88. The molecule has 0 aliphatic heterocycles. The number of aryl methyl sites for hydroxylation is 1. The molecule has 0 radical (unpaired) electrons. The van der Waals surface area contributed by atoms with Crippen LogP contribution in [0.2, 0.25) is 0 Å². The van der Waals surface area contributed by atoms with E-state index in [1.165, 1.54) is 0 Å². The van der Waals surface area contributed by atoms with Crippen LogP contribution < -0.4 is 11.1 Å². The number of carbonyl (C=O) groups excluding carboxylic acids is 1. The van der Waals surface area contributed by atoms with Gasteiger partial charge in [0.15, 0.2) is 0 Å². The molecule has 20 heavy (non-hydrogen) atoms.